The number of ether oxygens (including phenoxy) is 1. The van der Waals surface area contributed by atoms with Crippen molar-refractivity contribution in [3.8, 4) is 17.1 Å². The van der Waals surface area contributed by atoms with Gasteiger partial charge < -0.3 is 19.6 Å². The third kappa shape index (κ3) is 3.75. The first-order valence-electron chi connectivity index (χ1n) is 7.42. The van der Waals surface area contributed by atoms with Gasteiger partial charge in [-0.2, -0.15) is 0 Å². The second kappa shape index (κ2) is 7.40. The number of carbonyl (C=O) groups is 2. The Bertz CT molecular complexity index is 983. The maximum atomic E-state index is 12.3. The normalized spacial score (nSPS) is 10.4. The van der Waals surface area contributed by atoms with E-state index in [-0.39, 0.29) is 17.1 Å². The Balaban J connectivity index is 1.84. The fourth-order valence-corrected chi connectivity index (χ4v) is 2.63. The first-order chi connectivity index (χ1) is 12.5. The molecule has 1 aromatic heterocycles. The molecule has 0 aliphatic heterocycles. The predicted molar refractivity (Wildman–Crippen MR) is 97.5 cm³/mol. The van der Waals surface area contributed by atoms with Crippen molar-refractivity contribution in [3.63, 3.8) is 0 Å². The summed E-state index contributed by atoms with van der Waals surface area (Å²) in [6, 6.07) is 11.6. The number of nitrogens with zero attached hydrogens (tertiary/aromatic N) is 1. The molecule has 7 nitrogen and oxygen atoms in total. The molecule has 0 bridgehead atoms. The van der Waals surface area contributed by atoms with Gasteiger partial charge in [-0.15, -0.1) is 0 Å². The standard InChI is InChI=1S/C18H13BrN2O5/c1-25-12-4-2-3-10(7-12)15-9-20-17(26-15)16(22)21-14-6-5-11(19)8-13(14)18(23)24/h2-9H,1H3,(H,21,22)(H,23,24). The number of nitrogens with one attached hydrogen (secondary N) is 1. The van der Waals surface area contributed by atoms with E-state index in [1.54, 1.807) is 37.4 Å². The molecule has 0 saturated heterocycles. The number of amides is 1. The number of aromatic carboxylic acids is 1. The number of hydrogen-bond donors (Lipinski definition) is 2. The molecule has 8 heteroatoms. The van der Waals surface area contributed by atoms with Crippen LogP contribution in [0.5, 0.6) is 5.75 Å². The molecule has 3 rings (SSSR count). The molecule has 0 fully saturated rings. The number of halogens is 1. The largest absolute Gasteiger partial charge is 0.497 e. The van der Waals surface area contributed by atoms with Gasteiger partial charge in [0.25, 0.3) is 5.89 Å². The summed E-state index contributed by atoms with van der Waals surface area (Å²) >= 11 is 3.20. The van der Waals surface area contributed by atoms with Crippen molar-refractivity contribution in [2.75, 3.05) is 12.4 Å². The summed E-state index contributed by atoms with van der Waals surface area (Å²) in [6.45, 7) is 0. The monoisotopic (exact) mass is 416 g/mol. The van der Waals surface area contributed by atoms with Crippen LogP contribution in [0.4, 0.5) is 5.69 Å². The van der Waals surface area contributed by atoms with Crippen molar-refractivity contribution in [2.45, 2.75) is 0 Å². The van der Waals surface area contributed by atoms with Crippen LogP contribution in [-0.4, -0.2) is 29.1 Å². The van der Waals surface area contributed by atoms with E-state index in [0.717, 1.165) is 0 Å². The van der Waals surface area contributed by atoms with E-state index in [4.69, 9.17) is 9.15 Å². The predicted octanol–water partition coefficient (Wildman–Crippen LogP) is 4.06. The van der Waals surface area contributed by atoms with E-state index in [1.807, 2.05) is 0 Å². The summed E-state index contributed by atoms with van der Waals surface area (Å²) in [5.74, 6) is -0.953. The van der Waals surface area contributed by atoms with Gasteiger partial charge in [0, 0.05) is 10.0 Å². The Labute approximate surface area is 156 Å². The molecule has 0 aliphatic carbocycles. The summed E-state index contributed by atoms with van der Waals surface area (Å²) in [7, 11) is 1.55. The van der Waals surface area contributed by atoms with E-state index in [1.165, 1.54) is 18.3 Å². The number of anilines is 1. The number of rotatable bonds is 5. The molecule has 0 aliphatic rings. The highest BCUT2D eigenvalue weighted by Gasteiger charge is 2.18. The molecule has 0 atom stereocenters. The number of methoxy groups -OCH3 is 1. The minimum absolute atomic E-state index is 0.0488. The number of oxazole rings is 1. The van der Waals surface area contributed by atoms with Crippen LogP contribution in [0, 0.1) is 0 Å². The molecule has 1 heterocycles. The molecule has 0 unspecified atom stereocenters. The highest BCUT2D eigenvalue weighted by molar-refractivity contribution is 9.10. The van der Waals surface area contributed by atoms with Gasteiger partial charge in [-0.25, -0.2) is 9.78 Å². The molecular formula is C18H13BrN2O5. The minimum Gasteiger partial charge on any atom is -0.497 e. The maximum absolute atomic E-state index is 12.3. The second-order valence-electron chi connectivity index (χ2n) is 5.21. The molecule has 132 valence electrons. The molecule has 3 aromatic rings. The molecule has 0 radical (unpaired) electrons. The lowest BCUT2D eigenvalue weighted by molar-refractivity contribution is 0.0698. The lowest BCUT2D eigenvalue weighted by atomic mass is 10.2. The molecule has 2 aromatic carbocycles. The van der Waals surface area contributed by atoms with Crippen LogP contribution in [0.2, 0.25) is 0 Å². The zero-order valence-corrected chi connectivity index (χ0v) is 15.1. The molecule has 0 saturated carbocycles. The number of carbonyl (C=O) groups excluding carboxylic acids is 1. The van der Waals surface area contributed by atoms with Crippen LogP contribution < -0.4 is 10.1 Å². The Kier molecular flexibility index (Phi) is 5.04. The first kappa shape index (κ1) is 17.7. The van der Waals surface area contributed by atoms with Crippen molar-refractivity contribution in [2.24, 2.45) is 0 Å². The van der Waals surface area contributed by atoms with Crippen LogP contribution >= 0.6 is 15.9 Å². The van der Waals surface area contributed by atoms with Crippen LogP contribution in [-0.2, 0) is 0 Å². The first-order valence-corrected chi connectivity index (χ1v) is 8.21. The summed E-state index contributed by atoms with van der Waals surface area (Å²) in [6.07, 6.45) is 1.42. The van der Waals surface area contributed by atoms with Crippen molar-refractivity contribution < 1.29 is 23.8 Å². The quantitative estimate of drug-likeness (QED) is 0.649. The van der Waals surface area contributed by atoms with Gasteiger partial charge in [0.15, 0.2) is 5.76 Å². The molecular weight excluding hydrogens is 404 g/mol. The highest BCUT2D eigenvalue weighted by atomic mass is 79.9. The number of benzene rings is 2. The van der Waals surface area contributed by atoms with Gasteiger partial charge in [-0.05, 0) is 30.3 Å². The van der Waals surface area contributed by atoms with Gasteiger partial charge >= 0.3 is 11.9 Å². The van der Waals surface area contributed by atoms with Crippen molar-refractivity contribution >= 4 is 33.5 Å². The minimum atomic E-state index is -1.16. The Hall–Kier alpha value is -3.13. The van der Waals surface area contributed by atoms with Gasteiger partial charge in [0.1, 0.15) is 5.75 Å². The van der Waals surface area contributed by atoms with Crippen LogP contribution in [0.3, 0.4) is 0 Å². The van der Waals surface area contributed by atoms with Gasteiger partial charge in [-0.1, -0.05) is 28.1 Å². The van der Waals surface area contributed by atoms with Gasteiger partial charge in [0.2, 0.25) is 0 Å². The van der Waals surface area contributed by atoms with Crippen LogP contribution in [0.1, 0.15) is 21.0 Å². The fourth-order valence-electron chi connectivity index (χ4n) is 2.27. The molecule has 0 spiro atoms. The fraction of sp³-hybridized carbons (Fsp3) is 0.0556. The van der Waals surface area contributed by atoms with Crippen LogP contribution in [0.15, 0.2) is 57.6 Å². The number of carboxylic acids is 1. The SMILES string of the molecule is COc1cccc(-c2cnc(C(=O)Nc3ccc(Br)cc3C(=O)O)o2)c1. The van der Waals surface area contributed by atoms with E-state index in [0.29, 0.717) is 21.5 Å². The van der Waals surface area contributed by atoms with E-state index in [2.05, 4.69) is 26.2 Å². The van der Waals surface area contributed by atoms with Crippen molar-refractivity contribution in [3.05, 3.63) is 64.6 Å². The second-order valence-corrected chi connectivity index (χ2v) is 6.13. The lowest BCUT2D eigenvalue weighted by Crippen LogP contribution is -2.15. The summed E-state index contributed by atoms with van der Waals surface area (Å²) in [4.78, 5) is 27.6. The van der Waals surface area contributed by atoms with Gasteiger partial charge in [0.05, 0.1) is 24.6 Å². The molecule has 2 N–H and O–H groups in total. The Morgan fingerprint density at radius 2 is 2.04 bits per heavy atom. The maximum Gasteiger partial charge on any atom is 0.337 e. The van der Waals surface area contributed by atoms with E-state index >= 15 is 0 Å². The third-order valence-electron chi connectivity index (χ3n) is 3.51. The highest BCUT2D eigenvalue weighted by Crippen LogP contribution is 2.25. The van der Waals surface area contributed by atoms with E-state index in [9.17, 15) is 14.7 Å². The Morgan fingerprint density at radius 1 is 1.23 bits per heavy atom. The topological polar surface area (TPSA) is 102 Å². The number of aromatic nitrogens is 1. The summed E-state index contributed by atoms with van der Waals surface area (Å²) in [5, 5.41) is 11.8. The average molecular weight is 417 g/mol. The summed E-state index contributed by atoms with van der Waals surface area (Å²) < 4.78 is 11.2. The third-order valence-corrected chi connectivity index (χ3v) is 4.01. The van der Waals surface area contributed by atoms with Gasteiger partial charge in [-0.3, -0.25) is 4.79 Å². The smallest absolute Gasteiger partial charge is 0.337 e. The Morgan fingerprint density at radius 3 is 2.77 bits per heavy atom. The number of carboxylic acid groups (broad SMARTS) is 1. The van der Waals surface area contributed by atoms with E-state index < -0.39 is 11.9 Å². The average Bonchev–Trinajstić information content (AvgIpc) is 3.13. The zero-order valence-electron chi connectivity index (χ0n) is 13.5. The summed E-state index contributed by atoms with van der Waals surface area (Å²) in [5.41, 5.74) is 0.796. The number of hydrogen-bond acceptors (Lipinski definition) is 5. The lowest BCUT2D eigenvalue weighted by Gasteiger charge is -2.07. The van der Waals surface area contributed by atoms with Crippen LogP contribution in [0.25, 0.3) is 11.3 Å². The van der Waals surface area contributed by atoms with Crippen molar-refractivity contribution in [1.82, 2.24) is 4.98 Å². The zero-order chi connectivity index (χ0) is 18.7. The molecule has 1 amide bonds. The van der Waals surface area contributed by atoms with Crippen molar-refractivity contribution in [1.29, 1.82) is 0 Å². The molecule has 26 heavy (non-hydrogen) atoms.